The number of ether oxygens (including phenoxy) is 1. The summed E-state index contributed by atoms with van der Waals surface area (Å²) in [5.41, 5.74) is 1.27. The lowest BCUT2D eigenvalue weighted by Gasteiger charge is -2.08. The third kappa shape index (κ3) is 5.22. The second-order valence-electron chi connectivity index (χ2n) is 4.89. The van der Waals surface area contributed by atoms with E-state index in [-0.39, 0.29) is 0 Å². The van der Waals surface area contributed by atoms with Gasteiger partial charge in [0.2, 0.25) is 0 Å². The van der Waals surface area contributed by atoms with Gasteiger partial charge in [-0.3, -0.25) is 0 Å². The molecule has 1 saturated carbocycles. The van der Waals surface area contributed by atoms with Crippen LogP contribution in [0.4, 0.5) is 0 Å². The molecule has 0 saturated heterocycles. The molecule has 94 valence electrons. The van der Waals surface area contributed by atoms with E-state index in [0.717, 1.165) is 24.0 Å². The molecular formula is C15H21BrO. The number of alkyl halides is 1. The van der Waals surface area contributed by atoms with Gasteiger partial charge < -0.3 is 4.74 Å². The molecule has 1 aliphatic carbocycles. The van der Waals surface area contributed by atoms with Crippen LogP contribution in [0.25, 0.3) is 0 Å². The van der Waals surface area contributed by atoms with Gasteiger partial charge in [-0.2, -0.15) is 0 Å². The Morgan fingerprint density at radius 3 is 2.65 bits per heavy atom. The molecule has 0 amide bonds. The van der Waals surface area contributed by atoms with Gasteiger partial charge in [-0.1, -0.05) is 52.7 Å². The van der Waals surface area contributed by atoms with Gasteiger partial charge in [0.1, 0.15) is 0 Å². The van der Waals surface area contributed by atoms with Gasteiger partial charge in [0.15, 0.2) is 0 Å². The van der Waals surface area contributed by atoms with E-state index in [1.807, 2.05) is 6.07 Å². The Hall–Kier alpha value is -0.340. The second-order valence-corrected chi connectivity index (χ2v) is 6.06. The largest absolute Gasteiger partial charge is 0.377 e. The molecule has 1 atom stereocenters. The average Bonchev–Trinajstić information content (AvgIpc) is 3.19. The van der Waals surface area contributed by atoms with E-state index in [1.165, 1.54) is 37.7 Å². The van der Waals surface area contributed by atoms with Gasteiger partial charge in [-0.25, -0.2) is 0 Å². The van der Waals surface area contributed by atoms with Crippen molar-refractivity contribution in [3.63, 3.8) is 0 Å². The number of hydrogen-bond acceptors (Lipinski definition) is 1. The van der Waals surface area contributed by atoms with E-state index in [4.69, 9.17) is 4.74 Å². The second kappa shape index (κ2) is 7.17. The molecule has 0 radical (unpaired) electrons. The monoisotopic (exact) mass is 296 g/mol. The molecule has 0 bridgehead atoms. The highest BCUT2D eigenvalue weighted by atomic mass is 79.9. The minimum Gasteiger partial charge on any atom is -0.377 e. The fraction of sp³-hybridized carbons (Fsp3) is 0.600. The summed E-state index contributed by atoms with van der Waals surface area (Å²) in [6.07, 6.45) is 6.63. The molecule has 0 aliphatic heterocycles. The average molecular weight is 297 g/mol. The smallest absolute Gasteiger partial charge is 0.0716 e. The number of unbranched alkanes of at least 4 members (excludes halogenated alkanes) is 1. The number of benzene rings is 1. The lowest BCUT2D eigenvalue weighted by molar-refractivity contribution is 0.117. The van der Waals surface area contributed by atoms with Gasteiger partial charge in [0.05, 0.1) is 6.61 Å². The van der Waals surface area contributed by atoms with Crippen molar-refractivity contribution in [2.24, 2.45) is 5.92 Å². The van der Waals surface area contributed by atoms with Gasteiger partial charge in [0, 0.05) is 11.4 Å². The molecule has 2 heteroatoms. The van der Waals surface area contributed by atoms with Crippen molar-refractivity contribution < 1.29 is 4.74 Å². The lowest BCUT2D eigenvalue weighted by Crippen LogP contribution is -2.01. The molecule has 2 rings (SSSR count). The maximum atomic E-state index is 5.66. The zero-order valence-electron chi connectivity index (χ0n) is 10.3. The van der Waals surface area contributed by atoms with E-state index in [9.17, 15) is 0 Å². The summed E-state index contributed by atoms with van der Waals surface area (Å²) in [4.78, 5) is 0.761. The molecule has 1 aromatic rings. The van der Waals surface area contributed by atoms with Crippen molar-refractivity contribution in [2.45, 2.75) is 43.5 Å². The predicted molar refractivity (Wildman–Crippen MR) is 75.4 cm³/mol. The Morgan fingerprint density at radius 2 is 1.94 bits per heavy atom. The topological polar surface area (TPSA) is 9.23 Å². The summed E-state index contributed by atoms with van der Waals surface area (Å²) in [6, 6.07) is 10.4. The van der Waals surface area contributed by atoms with E-state index < -0.39 is 0 Å². The SMILES string of the molecule is BrC(CCCCOCc1ccccc1)C1CC1. The Labute approximate surface area is 113 Å². The first kappa shape index (κ1) is 13.1. The van der Waals surface area contributed by atoms with Gasteiger partial charge >= 0.3 is 0 Å². The standard InChI is InChI=1S/C15H21BrO/c16-15(14-9-10-14)8-4-5-11-17-12-13-6-2-1-3-7-13/h1-3,6-7,14-15H,4-5,8-12H2. The Balaban J connectivity index is 1.46. The quantitative estimate of drug-likeness (QED) is 0.505. The van der Waals surface area contributed by atoms with Crippen LogP contribution >= 0.6 is 15.9 Å². The molecular weight excluding hydrogens is 276 g/mol. The number of hydrogen-bond donors (Lipinski definition) is 0. The van der Waals surface area contributed by atoms with Crippen LogP contribution in [0.2, 0.25) is 0 Å². The number of halogens is 1. The Bertz CT molecular complexity index is 308. The molecule has 1 nitrogen and oxygen atoms in total. The molecule has 0 spiro atoms. The van der Waals surface area contributed by atoms with Crippen LogP contribution in [0.3, 0.4) is 0 Å². The Kier molecular flexibility index (Phi) is 5.53. The highest BCUT2D eigenvalue weighted by molar-refractivity contribution is 9.09. The molecule has 1 aliphatic rings. The lowest BCUT2D eigenvalue weighted by atomic mass is 10.1. The minimum absolute atomic E-state index is 0.751. The molecule has 17 heavy (non-hydrogen) atoms. The van der Waals surface area contributed by atoms with Gasteiger partial charge in [-0.05, 0) is 37.2 Å². The maximum absolute atomic E-state index is 5.66. The zero-order chi connectivity index (χ0) is 11.9. The van der Waals surface area contributed by atoms with Gasteiger partial charge in [-0.15, -0.1) is 0 Å². The summed E-state index contributed by atoms with van der Waals surface area (Å²) in [6.45, 7) is 1.64. The van der Waals surface area contributed by atoms with Crippen molar-refractivity contribution in [3.05, 3.63) is 35.9 Å². The maximum Gasteiger partial charge on any atom is 0.0716 e. The zero-order valence-corrected chi connectivity index (χ0v) is 11.9. The van der Waals surface area contributed by atoms with Crippen LogP contribution in [0.5, 0.6) is 0 Å². The normalized spacial score (nSPS) is 17.0. The summed E-state index contributed by atoms with van der Waals surface area (Å²) < 4.78 is 5.66. The molecule has 0 aromatic heterocycles. The van der Waals surface area contributed by atoms with Crippen molar-refractivity contribution >= 4 is 15.9 Å². The molecule has 0 heterocycles. The van der Waals surface area contributed by atoms with Gasteiger partial charge in [0.25, 0.3) is 0 Å². The van der Waals surface area contributed by atoms with Crippen LogP contribution in [-0.2, 0) is 11.3 Å². The molecule has 1 unspecified atom stereocenters. The van der Waals surface area contributed by atoms with Crippen LogP contribution in [0.15, 0.2) is 30.3 Å². The van der Waals surface area contributed by atoms with Crippen molar-refractivity contribution in [3.8, 4) is 0 Å². The Morgan fingerprint density at radius 1 is 1.18 bits per heavy atom. The van der Waals surface area contributed by atoms with Crippen molar-refractivity contribution in [1.82, 2.24) is 0 Å². The summed E-state index contributed by atoms with van der Waals surface area (Å²) in [5, 5.41) is 0. The summed E-state index contributed by atoms with van der Waals surface area (Å²) >= 11 is 3.77. The van der Waals surface area contributed by atoms with Crippen LogP contribution in [0, 0.1) is 5.92 Å². The van der Waals surface area contributed by atoms with E-state index >= 15 is 0 Å². The van der Waals surface area contributed by atoms with E-state index in [0.29, 0.717) is 0 Å². The summed E-state index contributed by atoms with van der Waals surface area (Å²) in [7, 11) is 0. The predicted octanol–water partition coefficient (Wildman–Crippen LogP) is 4.55. The van der Waals surface area contributed by atoms with E-state index in [1.54, 1.807) is 0 Å². The van der Waals surface area contributed by atoms with Crippen LogP contribution < -0.4 is 0 Å². The van der Waals surface area contributed by atoms with Crippen LogP contribution in [0.1, 0.15) is 37.7 Å². The fourth-order valence-electron chi connectivity index (χ4n) is 2.00. The first-order valence-electron chi connectivity index (χ1n) is 6.62. The van der Waals surface area contributed by atoms with Crippen molar-refractivity contribution in [1.29, 1.82) is 0 Å². The highest BCUT2D eigenvalue weighted by Crippen LogP contribution is 2.38. The first-order chi connectivity index (χ1) is 8.36. The summed E-state index contributed by atoms with van der Waals surface area (Å²) in [5.74, 6) is 0.972. The fourth-order valence-corrected chi connectivity index (χ4v) is 2.85. The third-order valence-electron chi connectivity index (χ3n) is 3.26. The minimum atomic E-state index is 0.751. The molecule has 1 fully saturated rings. The van der Waals surface area contributed by atoms with Crippen LogP contribution in [-0.4, -0.2) is 11.4 Å². The number of rotatable bonds is 8. The van der Waals surface area contributed by atoms with E-state index in [2.05, 4.69) is 40.2 Å². The van der Waals surface area contributed by atoms with Crippen molar-refractivity contribution in [2.75, 3.05) is 6.61 Å². The highest BCUT2D eigenvalue weighted by Gasteiger charge is 2.28. The molecule has 0 N–H and O–H groups in total. The third-order valence-corrected chi connectivity index (χ3v) is 4.47. The first-order valence-corrected chi connectivity index (χ1v) is 7.53. The molecule has 1 aromatic carbocycles.